The summed E-state index contributed by atoms with van der Waals surface area (Å²) in [4.78, 5) is 2.48. The third-order valence-corrected chi connectivity index (χ3v) is 14.0. The zero-order valence-corrected chi connectivity index (χ0v) is 33.0. The molecule has 0 unspecified atom stereocenters. The minimum atomic E-state index is 1.11. The highest BCUT2D eigenvalue weighted by molar-refractivity contribution is 7.26. The van der Waals surface area contributed by atoms with E-state index in [1.54, 1.807) is 0 Å². The fourth-order valence-corrected chi connectivity index (χ4v) is 11.5. The molecule has 0 spiro atoms. The first-order valence-electron chi connectivity index (χ1n) is 19.7. The fraction of sp³-hybridized carbons (Fsp3) is 0. The topological polar surface area (TPSA) is 8.17 Å². The molecule has 0 fully saturated rings. The van der Waals surface area contributed by atoms with E-state index in [-0.39, 0.29) is 0 Å². The molecule has 0 amide bonds. The van der Waals surface area contributed by atoms with Gasteiger partial charge in [0.25, 0.3) is 0 Å². The second-order valence-corrected chi connectivity index (χ2v) is 17.0. The van der Waals surface area contributed by atoms with Crippen molar-refractivity contribution in [3.05, 3.63) is 206 Å². The number of thiophene rings is 2. The first-order chi connectivity index (χ1) is 28.8. The molecule has 272 valence electrons. The van der Waals surface area contributed by atoms with Crippen molar-refractivity contribution in [1.82, 2.24) is 4.57 Å². The average molecular weight is 775 g/mol. The van der Waals surface area contributed by atoms with Crippen molar-refractivity contribution in [2.45, 2.75) is 0 Å². The summed E-state index contributed by atoms with van der Waals surface area (Å²) in [6, 6.07) is 75.7. The molecular weight excluding hydrogens is 741 g/mol. The van der Waals surface area contributed by atoms with E-state index in [9.17, 15) is 0 Å². The van der Waals surface area contributed by atoms with Crippen molar-refractivity contribution >= 4 is 102 Å². The Bertz CT molecular complexity index is 3390. The molecule has 0 N–H and O–H groups in total. The van der Waals surface area contributed by atoms with Crippen LogP contribution in [0.3, 0.4) is 0 Å². The van der Waals surface area contributed by atoms with Crippen molar-refractivity contribution in [3.8, 4) is 27.9 Å². The average Bonchev–Trinajstić information content (AvgIpc) is 3.97. The van der Waals surface area contributed by atoms with E-state index in [4.69, 9.17) is 0 Å². The Morgan fingerprint density at radius 2 is 0.862 bits per heavy atom. The molecule has 0 aliphatic heterocycles. The second kappa shape index (κ2) is 13.3. The Hall–Kier alpha value is -6.98. The lowest BCUT2D eigenvalue weighted by molar-refractivity contribution is 1.18. The molecule has 2 nitrogen and oxygen atoms in total. The molecule has 0 saturated heterocycles. The van der Waals surface area contributed by atoms with E-state index in [0.29, 0.717) is 0 Å². The van der Waals surface area contributed by atoms with Gasteiger partial charge in [-0.2, -0.15) is 0 Å². The summed E-state index contributed by atoms with van der Waals surface area (Å²) in [6.45, 7) is 0. The third kappa shape index (κ3) is 5.16. The lowest BCUT2D eigenvalue weighted by atomic mass is 9.95. The van der Waals surface area contributed by atoms with E-state index in [1.807, 2.05) is 22.7 Å². The zero-order valence-electron chi connectivity index (χ0n) is 31.3. The molecule has 58 heavy (non-hydrogen) atoms. The molecule has 3 heterocycles. The monoisotopic (exact) mass is 774 g/mol. The van der Waals surface area contributed by atoms with Gasteiger partial charge in [-0.3, -0.25) is 0 Å². The Labute approximate surface area is 343 Å². The van der Waals surface area contributed by atoms with Crippen LogP contribution >= 0.6 is 22.7 Å². The van der Waals surface area contributed by atoms with Crippen molar-refractivity contribution < 1.29 is 0 Å². The van der Waals surface area contributed by atoms with E-state index in [2.05, 4.69) is 216 Å². The standard InChI is InChI=1S/C54H34N2S2/c1-3-16-37(17-4-1)55(48-28-15-29-49-52(48)46-22-7-10-27-47(46)56(49)38-18-5-2-6-19-38)39-33-35(40-23-13-25-44-42-20-8-11-30-50(42)57-53(40)44)32-36(34-39)41-24-14-26-45-43-21-9-12-31-51(43)58-54(41)45/h1-34H. The molecular formula is C54H34N2S2. The highest BCUT2D eigenvalue weighted by atomic mass is 32.1. The molecule has 12 aromatic rings. The summed E-state index contributed by atoms with van der Waals surface area (Å²) in [5, 5.41) is 7.66. The van der Waals surface area contributed by atoms with Crippen LogP contribution < -0.4 is 4.90 Å². The number of para-hydroxylation sites is 3. The highest BCUT2D eigenvalue weighted by Crippen LogP contribution is 2.48. The van der Waals surface area contributed by atoms with E-state index >= 15 is 0 Å². The third-order valence-electron chi connectivity index (χ3n) is 11.6. The number of rotatable bonds is 6. The summed E-state index contributed by atoms with van der Waals surface area (Å²) in [5.41, 5.74) is 11.7. The molecule has 0 bridgehead atoms. The maximum Gasteiger partial charge on any atom is 0.0562 e. The van der Waals surface area contributed by atoms with Gasteiger partial charge in [-0.25, -0.2) is 0 Å². The van der Waals surface area contributed by atoms with Crippen LogP contribution in [0.1, 0.15) is 0 Å². The summed E-state index contributed by atoms with van der Waals surface area (Å²) in [6.07, 6.45) is 0. The minimum absolute atomic E-state index is 1.11. The van der Waals surface area contributed by atoms with Gasteiger partial charge in [-0.1, -0.05) is 133 Å². The number of anilines is 3. The van der Waals surface area contributed by atoms with Crippen LogP contribution in [-0.2, 0) is 0 Å². The maximum atomic E-state index is 2.48. The molecule has 0 aliphatic carbocycles. The van der Waals surface area contributed by atoms with Gasteiger partial charge in [0, 0.05) is 68.2 Å². The van der Waals surface area contributed by atoms with Crippen molar-refractivity contribution in [2.24, 2.45) is 0 Å². The zero-order chi connectivity index (χ0) is 38.2. The fourth-order valence-electron chi connectivity index (χ4n) is 9.05. The van der Waals surface area contributed by atoms with Crippen molar-refractivity contribution in [2.75, 3.05) is 4.90 Å². The number of hydrogen-bond acceptors (Lipinski definition) is 3. The van der Waals surface area contributed by atoms with Crippen LogP contribution in [0.4, 0.5) is 17.1 Å². The summed E-state index contributed by atoms with van der Waals surface area (Å²) in [7, 11) is 0. The predicted octanol–water partition coefficient (Wildman–Crippen LogP) is 16.3. The first-order valence-corrected chi connectivity index (χ1v) is 21.3. The van der Waals surface area contributed by atoms with Crippen LogP contribution in [0.5, 0.6) is 0 Å². The van der Waals surface area contributed by atoms with Gasteiger partial charge in [0.2, 0.25) is 0 Å². The van der Waals surface area contributed by atoms with Gasteiger partial charge in [0.15, 0.2) is 0 Å². The molecule has 0 aliphatic rings. The summed E-state index contributed by atoms with van der Waals surface area (Å²) < 4.78 is 7.65. The molecule has 9 aromatic carbocycles. The number of hydrogen-bond donors (Lipinski definition) is 0. The largest absolute Gasteiger partial charge is 0.310 e. The Morgan fingerprint density at radius 3 is 1.50 bits per heavy atom. The van der Waals surface area contributed by atoms with Crippen LogP contribution in [0.25, 0.3) is 90.1 Å². The predicted molar refractivity (Wildman–Crippen MR) is 252 cm³/mol. The molecule has 0 radical (unpaired) electrons. The SMILES string of the molecule is c1ccc(N(c2cc(-c3cccc4c3sc3ccccc34)cc(-c3cccc4c3sc3ccccc34)c2)c2cccc3c2c2ccccc2n3-c2ccccc2)cc1. The molecule has 0 atom stereocenters. The Morgan fingerprint density at radius 1 is 0.362 bits per heavy atom. The molecule has 12 rings (SSSR count). The Balaban J connectivity index is 1.18. The van der Waals surface area contributed by atoms with Gasteiger partial charge in [-0.05, 0) is 95.1 Å². The normalized spacial score (nSPS) is 11.8. The second-order valence-electron chi connectivity index (χ2n) is 14.9. The van der Waals surface area contributed by atoms with Gasteiger partial charge in [0.05, 0.1) is 16.7 Å². The lowest BCUT2D eigenvalue weighted by Crippen LogP contribution is -2.11. The van der Waals surface area contributed by atoms with E-state index in [1.165, 1.54) is 84.4 Å². The smallest absolute Gasteiger partial charge is 0.0562 e. The lowest BCUT2D eigenvalue weighted by Gasteiger charge is -2.28. The van der Waals surface area contributed by atoms with E-state index < -0.39 is 0 Å². The first kappa shape index (κ1) is 33.2. The van der Waals surface area contributed by atoms with Crippen molar-refractivity contribution in [1.29, 1.82) is 0 Å². The van der Waals surface area contributed by atoms with Gasteiger partial charge >= 0.3 is 0 Å². The maximum absolute atomic E-state index is 2.48. The quantitative estimate of drug-likeness (QED) is 0.163. The molecule has 4 heteroatoms. The number of aromatic nitrogens is 1. The van der Waals surface area contributed by atoms with Crippen LogP contribution in [0, 0.1) is 0 Å². The van der Waals surface area contributed by atoms with Gasteiger partial charge < -0.3 is 9.47 Å². The number of fused-ring (bicyclic) bond motifs is 9. The molecule has 3 aromatic heterocycles. The molecule has 0 saturated carbocycles. The number of benzene rings is 9. The van der Waals surface area contributed by atoms with Gasteiger partial charge in [0.1, 0.15) is 0 Å². The minimum Gasteiger partial charge on any atom is -0.310 e. The summed E-state index contributed by atoms with van der Waals surface area (Å²) >= 11 is 3.77. The van der Waals surface area contributed by atoms with Crippen LogP contribution in [-0.4, -0.2) is 4.57 Å². The van der Waals surface area contributed by atoms with Crippen molar-refractivity contribution in [3.63, 3.8) is 0 Å². The summed E-state index contributed by atoms with van der Waals surface area (Å²) in [5.74, 6) is 0. The number of nitrogens with zero attached hydrogens (tertiary/aromatic N) is 2. The highest BCUT2D eigenvalue weighted by Gasteiger charge is 2.23. The van der Waals surface area contributed by atoms with Gasteiger partial charge in [-0.15, -0.1) is 22.7 Å². The van der Waals surface area contributed by atoms with Crippen LogP contribution in [0.15, 0.2) is 206 Å². The Kier molecular flexibility index (Phi) is 7.62. The van der Waals surface area contributed by atoms with Crippen LogP contribution in [0.2, 0.25) is 0 Å². The van der Waals surface area contributed by atoms with E-state index in [0.717, 1.165) is 22.7 Å².